The highest BCUT2D eigenvalue weighted by Crippen LogP contribution is 2.37. The van der Waals surface area contributed by atoms with E-state index in [4.69, 9.17) is 11.6 Å². The van der Waals surface area contributed by atoms with Crippen LogP contribution in [0.15, 0.2) is 47.5 Å². The number of carbonyl (C=O) groups excluding carboxylic acids is 2. The third-order valence-corrected chi connectivity index (χ3v) is 4.48. The van der Waals surface area contributed by atoms with Crippen LogP contribution in [-0.2, 0) is 15.8 Å². The molecule has 0 spiro atoms. The fourth-order valence-corrected chi connectivity index (χ4v) is 3.13. The van der Waals surface area contributed by atoms with E-state index in [1.807, 2.05) is 13.0 Å². The van der Waals surface area contributed by atoms with Gasteiger partial charge in [-0.05, 0) is 49.2 Å². The largest absolute Gasteiger partial charge is 0.416 e. The summed E-state index contributed by atoms with van der Waals surface area (Å²) in [5, 5.41) is -0.248. The molecule has 1 aliphatic rings. The molecule has 2 aromatic rings. The first-order valence-electron chi connectivity index (χ1n) is 7.64. The standard InChI is InChI=1S/C19H13ClF3NO2/c1-10-3-8-14(11(2)9-10)15-16(20)18(26)24(17(15)25)13-6-4-12(5-7-13)19(21,22)23/h3-9H,1-2H3. The summed E-state index contributed by atoms with van der Waals surface area (Å²) in [7, 11) is 0. The number of rotatable bonds is 2. The lowest BCUT2D eigenvalue weighted by molar-refractivity contribution is -0.137. The molecule has 0 radical (unpaired) electrons. The zero-order chi connectivity index (χ0) is 19.2. The number of anilines is 1. The molecule has 0 fully saturated rings. The van der Waals surface area contributed by atoms with Crippen LogP contribution in [0.2, 0.25) is 0 Å². The number of alkyl halides is 3. The van der Waals surface area contributed by atoms with Gasteiger partial charge in [0.2, 0.25) is 0 Å². The van der Waals surface area contributed by atoms with E-state index in [1.54, 1.807) is 19.1 Å². The van der Waals surface area contributed by atoms with Crippen molar-refractivity contribution in [1.29, 1.82) is 0 Å². The lowest BCUT2D eigenvalue weighted by Gasteiger charge is -2.16. The molecule has 0 aliphatic carbocycles. The Hall–Kier alpha value is -2.60. The van der Waals surface area contributed by atoms with Crippen molar-refractivity contribution < 1.29 is 22.8 Å². The van der Waals surface area contributed by atoms with Crippen LogP contribution in [0, 0.1) is 13.8 Å². The second kappa shape index (κ2) is 6.29. The minimum atomic E-state index is -4.50. The molecule has 0 bridgehead atoms. The predicted octanol–water partition coefficient (Wildman–Crippen LogP) is 4.85. The molecule has 26 heavy (non-hydrogen) atoms. The Kier molecular flexibility index (Phi) is 4.40. The second-order valence-corrected chi connectivity index (χ2v) is 6.38. The van der Waals surface area contributed by atoms with Gasteiger partial charge < -0.3 is 0 Å². The molecule has 1 heterocycles. The smallest absolute Gasteiger partial charge is 0.268 e. The molecule has 2 aromatic carbocycles. The minimum absolute atomic E-state index is 0.0333. The lowest BCUT2D eigenvalue weighted by atomic mass is 9.99. The zero-order valence-electron chi connectivity index (χ0n) is 13.8. The van der Waals surface area contributed by atoms with Crippen LogP contribution in [-0.4, -0.2) is 11.8 Å². The van der Waals surface area contributed by atoms with E-state index >= 15 is 0 Å². The van der Waals surface area contributed by atoms with Gasteiger partial charge in [-0.2, -0.15) is 13.2 Å². The van der Waals surface area contributed by atoms with Gasteiger partial charge in [0.15, 0.2) is 0 Å². The fourth-order valence-electron chi connectivity index (χ4n) is 2.86. The second-order valence-electron chi connectivity index (χ2n) is 6.00. The highest BCUT2D eigenvalue weighted by Gasteiger charge is 2.40. The van der Waals surface area contributed by atoms with E-state index in [9.17, 15) is 22.8 Å². The number of amides is 2. The molecule has 134 valence electrons. The van der Waals surface area contributed by atoms with E-state index < -0.39 is 23.6 Å². The Balaban J connectivity index is 2.01. The summed E-state index contributed by atoms with van der Waals surface area (Å²) in [6, 6.07) is 9.13. The van der Waals surface area contributed by atoms with Gasteiger partial charge in [-0.1, -0.05) is 35.4 Å². The number of hydrogen-bond donors (Lipinski definition) is 0. The van der Waals surface area contributed by atoms with Gasteiger partial charge in [-0.25, -0.2) is 4.90 Å². The Bertz CT molecular complexity index is 946. The highest BCUT2D eigenvalue weighted by atomic mass is 35.5. The molecule has 0 unspecified atom stereocenters. The topological polar surface area (TPSA) is 37.4 Å². The summed E-state index contributed by atoms with van der Waals surface area (Å²) in [6.07, 6.45) is -4.50. The van der Waals surface area contributed by atoms with Crippen LogP contribution < -0.4 is 4.90 Å². The van der Waals surface area contributed by atoms with Crippen molar-refractivity contribution in [2.24, 2.45) is 0 Å². The minimum Gasteiger partial charge on any atom is -0.268 e. The number of nitrogens with zero attached hydrogens (tertiary/aromatic N) is 1. The summed E-state index contributed by atoms with van der Waals surface area (Å²) in [4.78, 5) is 26.0. The van der Waals surface area contributed by atoms with Crippen molar-refractivity contribution in [2.75, 3.05) is 4.90 Å². The molecule has 7 heteroatoms. The summed E-state index contributed by atoms with van der Waals surface area (Å²) in [6.45, 7) is 3.68. The molecule has 0 saturated heterocycles. The van der Waals surface area contributed by atoms with Gasteiger partial charge >= 0.3 is 6.18 Å². The Morgan fingerprint density at radius 2 is 1.54 bits per heavy atom. The maximum atomic E-state index is 12.8. The van der Waals surface area contributed by atoms with Crippen LogP contribution in [0.1, 0.15) is 22.3 Å². The van der Waals surface area contributed by atoms with Gasteiger partial charge in [-0.15, -0.1) is 0 Å². The highest BCUT2D eigenvalue weighted by molar-refractivity contribution is 6.60. The van der Waals surface area contributed by atoms with E-state index in [0.717, 1.165) is 40.3 Å². The number of halogens is 4. The Morgan fingerprint density at radius 3 is 2.08 bits per heavy atom. The lowest BCUT2D eigenvalue weighted by Crippen LogP contribution is -2.31. The van der Waals surface area contributed by atoms with Gasteiger partial charge in [0.05, 0.1) is 16.8 Å². The third kappa shape index (κ3) is 3.01. The van der Waals surface area contributed by atoms with E-state index in [1.165, 1.54) is 0 Å². The van der Waals surface area contributed by atoms with Crippen LogP contribution >= 0.6 is 11.6 Å². The van der Waals surface area contributed by atoms with Crippen molar-refractivity contribution in [3.05, 3.63) is 69.8 Å². The van der Waals surface area contributed by atoms with Gasteiger partial charge in [0, 0.05) is 0 Å². The van der Waals surface area contributed by atoms with Gasteiger partial charge in [0.25, 0.3) is 11.8 Å². The van der Waals surface area contributed by atoms with Crippen molar-refractivity contribution in [2.45, 2.75) is 20.0 Å². The van der Waals surface area contributed by atoms with E-state index in [2.05, 4.69) is 0 Å². The van der Waals surface area contributed by atoms with Crippen LogP contribution in [0.25, 0.3) is 5.57 Å². The van der Waals surface area contributed by atoms with Crippen molar-refractivity contribution in [1.82, 2.24) is 0 Å². The average Bonchev–Trinajstić information content (AvgIpc) is 2.77. The normalized spacial score (nSPS) is 15.2. The summed E-state index contributed by atoms with van der Waals surface area (Å²) >= 11 is 6.11. The molecule has 3 nitrogen and oxygen atoms in total. The first-order valence-corrected chi connectivity index (χ1v) is 8.02. The van der Waals surface area contributed by atoms with Crippen LogP contribution in [0.5, 0.6) is 0 Å². The first-order chi connectivity index (χ1) is 12.1. The zero-order valence-corrected chi connectivity index (χ0v) is 14.6. The van der Waals surface area contributed by atoms with Crippen LogP contribution in [0.3, 0.4) is 0 Å². The third-order valence-electron chi connectivity index (χ3n) is 4.13. The fraction of sp³-hybridized carbons (Fsp3) is 0.158. The van der Waals surface area contributed by atoms with Crippen molar-refractivity contribution >= 4 is 34.7 Å². The molecular weight excluding hydrogens is 367 g/mol. The monoisotopic (exact) mass is 379 g/mol. The summed E-state index contributed by atoms with van der Waals surface area (Å²) < 4.78 is 38.1. The maximum absolute atomic E-state index is 12.8. The Morgan fingerprint density at radius 1 is 0.923 bits per heavy atom. The van der Waals surface area contributed by atoms with E-state index in [-0.39, 0.29) is 16.3 Å². The number of imide groups is 1. The average molecular weight is 380 g/mol. The number of carbonyl (C=O) groups is 2. The summed E-state index contributed by atoms with van der Waals surface area (Å²) in [5.74, 6) is -1.42. The molecule has 2 amide bonds. The number of hydrogen-bond acceptors (Lipinski definition) is 2. The Labute approximate surface area is 152 Å². The van der Waals surface area contributed by atoms with Gasteiger partial charge in [-0.3, -0.25) is 9.59 Å². The molecule has 0 atom stereocenters. The molecule has 0 aromatic heterocycles. The van der Waals surface area contributed by atoms with Crippen molar-refractivity contribution in [3.63, 3.8) is 0 Å². The van der Waals surface area contributed by atoms with Gasteiger partial charge in [0.1, 0.15) is 5.03 Å². The van der Waals surface area contributed by atoms with Crippen LogP contribution in [0.4, 0.5) is 18.9 Å². The molecule has 3 rings (SSSR count). The molecule has 0 N–H and O–H groups in total. The number of aryl methyl sites for hydroxylation is 2. The molecule has 1 aliphatic heterocycles. The molecular formula is C19H13ClF3NO2. The SMILES string of the molecule is Cc1ccc(C2=C(Cl)C(=O)N(c3ccc(C(F)(F)F)cc3)C2=O)c(C)c1. The maximum Gasteiger partial charge on any atom is 0.416 e. The van der Waals surface area contributed by atoms with E-state index in [0.29, 0.717) is 5.56 Å². The predicted molar refractivity (Wildman–Crippen MR) is 92.6 cm³/mol. The summed E-state index contributed by atoms with van der Waals surface area (Å²) in [5.41, 5.74) is 1.50. The molecule has 0 saturated carbocycles. The van der Waals surface area contributed by atoms with Crippen molar-refractivity contribution in [3.8, 4) is 0 Å². The quantitative estimate of drug-likeness (QED) is 0.700. The first kappa shape index (κ1) is 18.2. The number of benzene rings is 2.